The van der Waals surface area contributed by atoms with Crippen LogP contribution in [-0.4, -0.2) is 79.1 Å². The Hall–Kier alpha value is -1.80. The summed E-state index contributed by atoms with van der Waals surface area (Å²) in [6, 6.07) is 0. The zero-order valence-electron chi connectivity index (χ0n) is 23.1. The highest BCUT2D eigenvalue weighted by atomic mass is 15.4. The summed E-state index contributed by atoms with van der Waals surface area (Å²) in [6.45, 7) is 20.3. The zero-order valence-corrected chi connectivity index (χ0v) is 23.1. The van der Waals surface area contributed by atoms with Crippen LogP contribution in [0.15, 0.2) is 12.4 Å². The molecule has 0 N–H and O–H groups in total. The monoisotopic (exact) mass is 486 g/mol. The van der Waals surface area contributed by atoms with Gasteiger partial charge in [-0.3, -0.25) is 9.36 Å². The average molecular weight is 487 g/mol. The number of piperazine rings is 1. The van der Waals surface area contributed by atoms with Gasteiger partial charge in [0.05, 0.1) is 11.4 Å². The van der Waals surface area contributed by atoms with Gasteiger partial charge in [-0.15, -0.1) is 10.2 Å². The number of hydrogen-bond donors (Lipinski definition) is 0. The minimum atomic E-state index is 0.0828. The van der Waals surface area contributed by atoms with Crippen molar-refractivity contribution in [3.05, 3.63) is 23.8 Å². The van der Waals surface area contributed by atoms with E-state index in [4.69, 9.17) is 0 Å². The molecule has 1 aliphatic rings. The molecule has 0 saturated carbocycles. The zero-order chi connectivity index (χ0) is 25.1. The van der Waals surface area contributed by atoms with E-state index in [1.807, 2.05) is 9.36 Å². The molecule has 198 valence electrons. The Morgan fingerprint density at radius 1 is 0.657 bits per heavy atom. The van der Waals surface area contributed by atoms with E-state index in [1.165, 1.54) is 90.6 Å². The van der Waals surface area contributed by atoms with Crippen LogP contribution in [0.1, 0.15) is 103 Å². The van der Waals surface area contributed by atoms with Gasteiger partial charge in [-0.2, -0.15) is 0 Å². The van der Waals surface area contributed by atoms with Crippen molar-refractivity contribution in [2.24, 2.45) is 0 Å². The fraction of sp³-hybridized carbons (Fsp3) is 0.852. The van der Waals surface area contributed by atoms with Crippen LogP contribution in [0.3, 0.4) is 0 Å². The van der Waals surface area contributed by atoms with Crippen molar-refractivity contribution in [1.82, 2.24) is 39.8 Å². The first-order valence-corrected chi connectivity index (χ1v) is 14.1. The topological polar surface area (TPSA) is 67.9 Å². The third-order valence-corrected chi connectivity index (χ3v) is 7.14. The molecule has 2 aromatic rings. The minimum absolute atomic E-state index is 0.0828. The van der Waals surface area contributed by atoms with Gasteiger partial charge in [0.25, 0.3) is 0 Å². The summed E-state index contributed by atoms with van der Waals surface area (Å²) in [6.07, 6.45) is 14.4. The number of hydrogen-bond acceptors (Lipinski definition) is 6. The van der Waals surface area contributed by atoms with Gasteiger partial charge in [-0.25, -0.2) is 0 Å². The second kappa shape index (κ2) is 14.1. The molecule has 35 heavy (non-hydrogen) atoms. The molecule has 0 bridgehead atoms. The molecule has 0 atom stereocenters. The van der Waals surface area contributed by atoms with Gasteiger partial charge >= 0.3 is 0 Å². The van der Waals surface area contributed by atoms with E-state index in [0.717, 1.165) is 24.5 Å². The predicted molar refractivity (Wildman–Crippen MR) is 143 cm³/mol. The lowest BCUT2D eigenvalue weighted by Gasteiger charge is -2.34. The van der Waals surface area contributed by atoms with Crippen LogP contribution in [0, 0.1) is 0 Å². The van der Waals surface area contributed by atoms with Gasteiger partial charge < -0.3 is 9.80 Å². The molecule has 3 rings (SSSR count). The average Bonchev–Trinajstić information content (AvgIpc) is 3.49. The molecular weight excluding hydrogens is 436 g/mol. The largest absolute Gasteiger partial charge is 0.301 e. The molecule has 8 heteroatoms. The summed E-state index contributed by atoms with van der Waals surface area (Å²) in [5, 5.41) is 17.1. The summed E-state index contributed by atoms with van der Waals surface area (Å²) >= 11 is 0. The fourth-order valence-electron chi connectivity index (χ4n) is 4.60. The molecule has 2 aromatic heterocycles. The maximum atomic E-state index is 4.32. The van der Waals surface area contributed by atoms with Gasteiger partial charge in [0.15, 0.2) is 0 Å². The molecule has 1 fully saturated rings. The first-order valence-electron chi connectivity index (χ1n) is 14.1. The van der Waals surface area contributed by atoms with E-state index < -0.39 is 0 Å². The van der Waals surface area contributed by atoms with Crippen LogP contribution < -0.4 is 0 Å². The Labute approximate surface area is 213 Å². The van der Waals surface area contributed by atoms with E-state index >= 15 is 0 Å². The highest BCUT2D eigenvalue weighted by Crippen LogP contribution is 2.19. The predicted octanol–water partition coefficient (Wildman–Crippen LogP) is 4.73. The van der Waals surface area contributed by atoms with Crippen molar-refractivity contribution in [2.75, 3.05) is 39.3 Å². The molecule has 1 saturated heterocycles. The molecule has 8 nitrogen and oxygen atoms in total. The van der Waals surface area contributed by atoms with Gasteiger partial charge in [0, 0.05) is 57.1 Å². The summed E-state index contributed by atoms with van der Waals surface area (Å²) in [5.74, 6) is 0.461. The van der Waals surface area contributed by atoms with Crippen molar-refractivity contribution >= 4 is 0 Å². The van der Waals surface area contributed by atoms with Crippen LogP contribution in [-0.2, 0) is 18.5 Å². The number of unbranched alkanes of at least 4 members (excludes halogenated alkanes) is 6. The normalized spacial score (nSPS) is 15.9. The van der Waals surface area contributed by atoms with E-state index in [0.29, 0.717) is 5.92 Å². The fourth-order valence-corrected chi connectivity index (χ4v) is 4.60. The lowest BCUT2D eigenvalue weighted by Crippen LogP contribution is -2.46. The Bertz CT molecular complexity index is 826. The maximum Gasteiger partial charge on any atom is 0.0880 e. The van der Waals surface area contributed by atoms with E-state index in [2.05, 4.69) is 77.4 Å². The first kappa shape index (κ1) is 27.8. The van der Waals surface area contributed by atoms with Crippen LogP contribution in [0.25, 0.3) is 0 Å². The molecule has 1 aliphatic heterocycles. The Kier molecular flexibility index (Phi) is 11.2. The minimum Gasteiger partial charge on any atom is -0.301 e. The molecule has 0 unspecified atom stereocenters. The van der Waals surface area contributed by atoms with E-state index in [-0.39, 0.29) is 5.41 Å². The van der Waals surface area contributed by atoms with Crippen molar-refractivity contribution in [3.63, 3.8) is 0 Å². The summed E-state index contributed by atoms with van der Waals surface area (Å²) in [5.41, 5.74) is 2.27. The molecule has 0 aliphatic carbocycles. The quantitative estimate of drug-likeness (QED) is 0.339. The lowest BCUT2D eigenvalue weighted by atomic mass is 9.93. The summed E-state index contributed by atoms with van der Waals surface area (Å²) in [4.78, 5) is 5.32. The number of aryl methyl sites for hydroxylation is 2. The van der Waals surface area contributed by atoms with Crippen molar-refractivity contribution in [3.8, 4) is 0 Å². The molecule has 0 aromatic carbocycles. The summed E-state index contributed by atoms with van der Waals surface area (Å²) < 4.78 is 4.02. The Morgan fingerprint density at radius 3 is 1.54 bits per heavy atom. The summed E-state index contributed by atoms with van der Waals surface area (Å²) in [7, 11) is 0. The van der Waals surface area contributed by atoms with Crippen molar-refractivity contribution in [1.29, 1.82) is 0 Å². The van der Waals surface area contributed by atoms with Gasteiger partial charge in [0.2, 0.25) is 0 Å². The first-order chi connectivity index (χ1) is 16.8. The van der Waals surface area contributed by atoms with Gasteiger partial charge in [0.1, 0.15) is 0 Å². The number of aromatic nitrogens is 6. The van der Waals surface area contributed by atoms with E-state index in [1.54, 1.807) is 0 Å². The number of rotatable bonds is 15. The second-order valence-corrected chi connectivity index (χ2v) is 11.7. The van der Waals surface area contributed by atoms with Crippen LogP contribution in [0.5, 0.6) is 0 Å². The molecule has 0 radical (unpaired) electrons. The highest BCUT2D eigenvalue weighted by molar-refractivity contribution is 5.06. The highest BCUT2D eigenvalue weighted by Gasteiger charge is 2.18. The Balaban J connectivity index is 1.13. The van der Waals surface area contributed by atoms with Crippen LogP contribution >= 0.6 is 0 Å². The standard InChI is InChI=1S/C27H50N8/c1-24(2)25-22-34(30-28-25)16-12-8-6-10-14-32-18-20-33(21-19-32)15-11-7-9-13-17-35-23-26(29-31-35)27(3,4)5/h22-24H,6-21H2,1-5H3. The van der Waals surface area contributed by atoms with Gasteiger partial charge in [-0.05, 0) is 44.7 Å². The third kappa shape index (κ3) is 10.00. The second-order valence-electron chi connectivity index (χ2n) is 11.7. The van der Waals surface area contributed by atoms with Crippen molar-refractivity contribution in [2.45, 2.75) is 110 Å². The molecule has 3 heterocycles. The number of nitrogens with zero attached hydrogens (tertiary/aromatic N) is 8. The van der Waals surface area contributed by atoms with Crippen LogP contribution in [0.2, 0.25) is 0 Å². The molecule has 0 spiro atoms. The maximum absolute atomic E-state index is 4.32. The molecular formula is C27H50N8. The lowest BCUT2D eigenvalue weighted by molar-refractivity contribution is 0.129. The van der Waals surface area contributed by atoms with Crippen molar-refractivity contribution < 1.29 is 0 Å². The Morgan fingerprint density at radius 2 is 1.11 bits per heavy atom. The molecule has 0 amide bonds. The van der Waals surface area contributed by atoms with Crippen LogP contribution in [0.4, 0.5) is 0 Å². The van der Waals surface area contributed by atoms with Gasteiger partial charge in [-0.1, -0.05) is 70.7 Å². The van der Waals surface area contributed by atoms with E-state index in [9.17, 15) is 0 Å². The smallest absolute Gasteiger partial charge is 0.0880 e. The SMILES string of the molecule is CC(C)c1cn(CCCCCCN2CCN(CCCCCCn3cc(C(C)(C)C)nn3)CC2)nn1. The third-order valence-electron chi connectivity index (χ3n) is 7.14.